The molecule has 0 radical (unpaired) electrons. The maximum atomic E-state index is 4.77. The first kappa shape index (κ1) is 13.5. The van der Waals surface area contributed by atoms with E-state index in [0.29, 0.717) is 0 Å². The van der Waals surface area contributed by atoms with Crippen LogP contribution in [0.25, 0.3) is 0 Å². The van der Waals surface area contributed by atoms with Crippen molar-refractivity contribution in [1.82, 2.24) is 15.2 Å². The Kier molecular flexibility index (Phi) is 4.51. The molecule has 106 valence electrons. The predicted octanol–water partition coefficient (Wildman–Crippen LogP) is 3.02. The molecule has 1 aromatic rings. The summed E-state index contributed by atoms with van der Waals surface area (Å²) >= 11 is 1.81. The molecule has 1 unspecified atom stereocenters. The van der Waals surface area contributed by atoms with E-state index in [4.69, 9.17) is 4.98 Å². The zero-order chi connectivity index (χ0) is 13.1. The van der Waals surface area contributed by atoms with Gasteiger partial charge in [0.2, 0.25) is 0 Å². The van der Waals surface area contributed by atoms with E-state index in [9.17, 15) is 0 Å². The van der Waals surface area contributed by atoms with Crippen LogP contribution in [0.1, 0.15) is 49.7 Å². The highest BCUT2D eigenvalue weighted by Crippen LogP contribution is 2.22. The molecule has 3 rings (SSSR count). The Bertz CT molecular complexity index is 400. The van der Waals surface area contributed by atoms with E-state index in [1.54, 1.807) is 0 Å². The van der Waals surface area contributed by atoms with E-state index < -0.39 is 0 Å². The van der Waals surface area contributed by atoms with E-state index in [2.05, 4.69) is 22.5 Å². The summed E-state index contributed by atoms with van der Waals surface area (Å²) in [5.74, 6) is 0.906. The third-order valence-electron chi connectivity index (χ3n) is 4.28. The zero-order valence-corrected chi connectivity index (χ0v) is 12.7. The van der Waals surface area contributed by atoms with Gasteiger partial charge in [-0.2, -0.15) is 0 Å². The molecule has 1 atom stereocenters. The average Bonchev–Trinajstić information content (AvgIpc) is 3.17. The van der Waals surface area contributed by atoms with Gasteiger partial charge in [0.25, 0.3) is 0 Å². The molecule has 4 heteroatoms. The van der Waals surface area contributed by atoms with Crippen LogP contribution in [0.4, 0.5) is 0 Å². The lowest BCUT2D eigenvalue weighted by molar-refractivity contribution is 0.163. The zero-order valence-electron chi connectivity index (χ0n) is 11.9. The summed E-state index contributed by atoms with van der Waals surface area (Å²) in [6.45, 7) is 6.86. The average molecular weight is 279 g/mol. The highest BCUT2D eigenvalue weighted by molar-refractivity contribution is 7.09. The fraction of sp³-hybridized carbons (Fsp3) is 0.800. The highest BCUT2D eigenvalue weighted by atomic mass is 32.1. The van der Waals surface area contributed by atoms with Crippen LogP contribution < -0.4 is 5.32 Å². The van der Waals surface area contributed by atoms with Crippen molar-refractivity contribution in [2.24, 2.45) is 5.92 Å². The Morgan fingerprint density at radius 2 is 2.32 bits per heavy atom. The van der Waals surface area contributed by atoms with Crippen LogP contribution in [0.3, 0.4) is 0 Å². The molecule has 2 aliphatic rings. The van der Waals surface area contributed by atoms with Gasteiger partial charge in [-0.3, -0.25) is 4.90 Å². The van der Waals surface area contributed by atoms with Gasteiger partial charge in [0.05, 0.1) is 5.69 Å². The summed E-state index contributed by atoms with van der Waals surface area (Å²) in [5, 5.41) is 7.05. The summed E-state index contributed by atoms with van der Waals surface area (Å²) in [6.07, 6.45) is 6.80. The van der Waals surface area contributed by atoms with Crippen LogP contribution in [-0.2, 0) is 13.1 Å². The number of nitrogens with zero attached hydrogens (tertiary/aromatic N) is 2. The Hall–Kier alpha value is -0.450. The van der Waals surface area contributed by atoms with Gasteiger partial charge >= 0.3 is 0 Å². The van der Waals surface area contributed by atoms with Crippen LogP contribution in [0.5, 0.6) is 0 Å². The molecule has 1 N–H and O–H groups in total. The molecule has 1 aromatic heterocycles. The van der Waals surface area contributed by atoms with Crippen molar-refractivity contribution < 1.29 is 0 Å². The van der Waals surface area contributed by atoms with Gasteiger partial charge in [-0.1, -0.05) is 13.3 Å². The van der Waals surface area contributed by atoms with Gasteiger partial charge in [-0.25, -0.2) is 4.98 Å². The first-order chi connectivity index (χ1) is 9.33. The third kappa shape index (κ3) is 4.01. The normalized spacial score (nSPS) is 24.8. The predicted molar refractivity (Wildman–Crippen MR) is 80.3 cm³/mol. The second-order valence-electron chi connectivity index (χ2n) is 6.04. The number of aromatic nitrogens is 1. The topological polar surface area (TPSA) is 28.2 Å². The van der Waals surface area contributed by atoms with Crippen molar-refractivity contribution in [3.8, 4) is 0 Å². The Morgan fingerprint density at radius 3 is 3.11 bits per heavy atom. The lowest BCUT2D eigenvalue weighted by Gasteiger charge is -2.31. The van der Waals surface area contributed by atoms with E-state index in [-0.39, 0.29) is 0 Å². The molecule has 0 spiro atoms. The molecule has 2 fully saturated rings. The highest BCUT2D eigenvalue weighted by Gasteiger charge is 2.21. The molecule has 3 nitrogen and oxygen atoms in total. The smallest absolute Gasteiger partial charge is 0.107 e. The van der Waals surface area contributed by atoms with Gasteiger partial charge in [-0.15, -0.1) is 11.3 Å². The quantitative estimate of drug-likeness (QED) is 0.867. The van der Waals surface area contributed by atoms with Gasteiger partial charge in [-0.05, 0) is 38.1 Å². The molecule has 19 heavy (non-hydrogen) atoms. The molecule has 1 aliphatic carbocycles. The number of hydrogen-bond donors (Lipinski definition) is 1. The van der Waals surface area contributed by atoms with Gasteiger partial charge in [0.1, 0.15) is 5.01 Å². The number of hydrogen-bond acceptors (Lipinski definition) is 4. The van der Waals surface area contributed by atoms with Crippen molar-refractivity contribution in [2.75, 3.05) is 13.1 Å². The van der Waals surface area contributed by atoms with Crippen molar-refractivity contribution >= 4 is 11.3 Å². The summed E-state index contributed by atoms with van der Waals surface area (Å²) in [5.41, 5.74) is 1.27. The van der Waals surface area contributed by atoms with Crippen LogP contribution >= 0.6 is 11.3 Å². The maximum Gasteiger partial charge on any atom is 0.107 e. The lowest BCUT2D eigenvalue weighted by Crippen LogP contribution is -2.34. The minimum atomic E-state index is 0.778. The Morgan fingerprint density at radius 1 is 1.42 bits per heavy atom. The van der Waals surface area contributed by atoms with Crippen molar-refractivity contribution in [2.45, 2.75) is 58.2 Å². The fourth-order valence-corrected chi connectivity index (χ4v) is 3.62. The number of likely N-dealkylation sites (tertiary alicyclic amines) is 1. The SMILES string of the molecule is CCC1CCCN(Cc2csc(CNC3CC3)n2)C1. The third-order valence-corrected chi connectivity index (χ3v) is 5.18. The standard InChI is InChI=1S/C15H25N3S/c1-2-12-4-3-7-18(9-12)10-14-11-19-15(17-14)8-16-13-5-6-13/h11-13,16H,2-10H2,1H3. The van der Waals surface area contributed by atoms with E-state index in [1.807, 2.05) is 11.3 Å². The van der Waals surface area contributed by atoms with Crippen molar-refractivity contribution in [1.29, 1.82) is 0 Å². The number of piperidine rings is 1. The van der Waals surface area contributed by atoms with Crippen molar-refractivity contribution in [3.63, 3.8) is 0 Å². The summed E-state index contributed by atoms with van der Waals surface area (Å²) in [4.78, 5) is 7.36. The first-order valence-corrected chi connectivity index (χ1v) is 8.60. The van der Waals surface area contributed by atoms with Gasteiger partial charge < -0.3 is 5.32 Å². The van der Waals surface area contributed by atoms with E-state index >= 15 is 0 Å². The molecule has 0 bridgehead atoms. The second kappa shape index (κ2) is 6.33. The molecular weight excluding hydrogens is 254 g/mol. The van der Waals surface area contributed by atoms with E-state index in [0.717, 1.165) is 25.0 Å². The largest absolute Gasteiger partial charge is 0.308 e. The lowest BCUT2D eigenvalue weighted by atomic mass is 9.96. The Balaban J connectivity index is 1.48. The Labute approximate surface area is 120 Å². The van der Waals surface area contributed by atoms with Crippen LogP contribution in [0, 0.1) is 5.92 Å². The summed E-state index contributed by atoms with van der Waals surface area (Å²) < 4.78 is 0. The molecule has 1 saturated carbocycles. The van der Waals surface area contributed by atoms with Gasteiger partial charge in [0, 0.05) is 31.1 Å². The molecule has 1 saturated heterocycles. The molecule has 2 heterocycles. The van der Waals surface area contributed by atoms with E-state index in [1.165, 1.54) is 55.9 Å². The molecule has 0 aromatic carbocycles. The minimum absolute atomic E-state index is 0.778. The fourth-order valence-electron chi connectivity index (χ4n) is 2.88. The number of nitrogens with one attached hydrogen (secondary N) is 1. The van der Waals surface area contributed by atoms with Gasteiger partial charge in [0.15, 0.2) is 0 Å². The monoisotopic (exact) mass is 279 g/mol. The minimum Gasteiger partial charge on any atom is -0.308 e. The van der Waals surface area contributed by atoms with Crippen LogP contribution in [-0.4, -0.2) is 29.0 Å². The summed E-state index contributed by atoms with van der Waals surface area (Å²) in [7, 11) is 0. The number of rotatable bonds is 6. The van der Waals surface area contributed by atoms with Crippen LogP contribution in [0.15, 0.2) is 5.38 Å². The molecule has 1 aliphatic heterocycles. The maximum absolute atomic E-state index is 4.77. The number of thiazole rings is 1. The van der Waals surface area contributed by atoms with Crippen molar-refractivity contribution in [3.05, 3.63) is 16.1 Å². The van der Waals surface area contributed by atoms with Crippen LogP contribution in [0.2, 0.25) is 0 Å². The molecule has 0 amide bonds. The molecular formula is C15H25N3S. The summed E-state index contributed by atoms with van der Waals surface area (Å²) in [6, 6.07) is 0.778. The second-order valence-corrected chi connectivity index (χ2v) is 6.98. The first-order valence-electron chi connectivity index (χ1n) is 7.72.